The van der Waals surface area contributed by atoms with E-state index in [4.69, 9.17) is 9.47 Å². The highest BCUT2D eigenvalue weighted by Crippen LogP contribution is 2.32. The second-order valence-corrected chi connectivity index (χ2v) is 9.12. The Hall–Kier alpha value is -3.44. The van der Waals surface area contributed by atoms with E-state index < -0.39 is 6.10 Å². The molecule has 1 N–H and O–H groups in total. The molecule has 1 unspecified atom stereocenters. The third-order valence-electron chi connectivity index (χ3n) is 4.76. The smallest absolute Gasteiger partial charge is 0.236 e. The number of thioether (sulfide) groups is 1. The molecule has 0 radical (unpaired) electrons. The highest BCUT2D eigenvalue weighted by Gasteiger charge is 2.22. The van der Waals surface area contributed by atoms with E-state index in [0.29, 0.717) is 27.6 Å². The number of hydrogen-bond acceptors (Lipinski definition) is 9. The minimum atomic E-state index is -0.430. The highest BCUT2D eigenvalue weighted by molar-refractivity contribution is 7.99. The molecule has 0 spiro atoms. The Labute approximate surface area is 205 Å². The van der Waals surface area contributed by atoms with Gasteiger partial charge in [-0.05, 0) is 37.6 Å². The lowest BCUT2D eigenvalue weighted by atomic mass is 10.3. The molecule has 4 rings (SSSR count). The maximum Gasteiger partial charge on any atom is 0.236 e. The van der Waals surface area contributed by atoms with E-state index in [1.807, 2.05) is 73.0 Å². The molecule has 0 aliphatic carbocycles. The molecule has 1 atom stereocenters. The minimum absolute atomic E-state index is 0.147. The number of aromatic nitrogens is 5. The number of amides is 1. The summed E-state index contributed by atoms with van der Waals surface area (Å²) >= 11 is 2.66. The fraction of sp³-hybridized carbons (Fsp3) is 0.261. The number of anilines is 1. The lowest BCUT2D eigenvalue weighted by molar-refractivity contribution is -0.113. The van der Waals surface area contributed by atoms with Gasteiger partial charge in [-0.1, -0.05) is 60.4 Å². The van der Waals surface area contributed by atoms with Gasteiger partial charge in [0.25, 0.3) is 0 Å². The van der Waals surface area contributed by atoms with Crippen molar-refractivity contribution in [3.63, 3.8) is 0 Å². The summed E-state index contributed by atoms with van der Waals surface area (Å²) in [5.74, 6) is 1.81. The quantitative estimate of drug-likeness (QED) is 0.319. The number of para-hydroxylation sites is 3. The Morgan fingerprint density at radius 2 is 1.79 bits per heavy atom. The van der Waals surface area contributed by atoms with Gasteiger partial charge >= 0.3 is 0 Å². The van der Waals surface area contributed by atoms with Crippen molar-refractivity contribution >= 4 is 34.1 Å². The SMILES string of the molecule is CCc1nnc(NC(=O)CSc2nnc(C(C)Oc3ccccc3OC)n2-c2ccccc2)s1. The maximum absolute atomic E-state index is 12.5. The third-order valence-corrected chi connectivity index (χ3v) is 6.67. The fourth-order valence-electron chi connectivity index (χ4n) is 3.15. The van der Waals surface area contributed by atoms with Crippen molar-refractivity contribution in [3.05, 3.63) is 65.4 Å². The molecule has 176 valence electrons. The predicted octanol–water partition coefficient (Wildman–Crippen LogP) is 4.56. The number of ether oxygens (including phenoxy) is 2. The Kier molecular flexibility index (Phi) is 7.76. The van der Waals surface area contributed by atoms with Crippen LogP contribution in [0.5, 0.6) is 11.5 Å². The van der Waals surface area contributed by atoms with Gasteiger partial charge in [-0.15, -0.1) is 20.4 Å². The summed E-state index contributed by atoms with van der Waals surface area (Å²) in [5, 5.41) is 21.5. The van der Waals surface area contributed by atoms with Crippen molar-refractivity contribution < 1.29 is 14.3 Å². The van der Waals surface area contributed by atoms with Crippen LogP contribution < -0.4 is 14.8 Å². The monoisotopic (exact) mass is 496 g/mol. The molecule has 0 saturated heterocycles. The molecule has 11 heteroatoms. The van der Waals surface area contributed by atoms with Crippen LogP contribution in [-0.4, -0.2) is 43.7 Å². The average molecular weight is 497 g/mol. The van der Waals surface area contributed by atoms with E-state index in [1.54, 1.807) is 7.11 Å². The minimum Gasteiger partial charge on any atom is -0.493 e. The first-order chi connectivity index (χ1) is 16.6. The van der Waals surface area contributed by atoms with Gasteiger partial charge in [-0.3, -0.25) is 14.7 Å². The number of nitrogens with one attached hydrogen (secondary N) is 1. The molecule has 1 amide bonds. The van der Waals surface area contributed by atoms with Crippen LogP contribution in [0.15, 0.2) is 59.8 Å². The second kappa shape index (κ2) is 11.1. The van der Waals surface area contributed by atoms with Gasteiger partial charge in [0, 0.05) is 5.69 Å². The fourth-order valence-corrected chi connectivity index (χ4v) is 4.60. The van der Waals surface area contributed by atoms with Crippen LogP contribution in [0.1, 0.15) is 30.8 Å². The number of carbonyl (C=O) groups is 1. The molecule has 0 fully saturated rings. The summed E-state index contributed by atoms with van der Waals surface area (Å²) < 4.78 is 13.5. The molecule has 2 aromatic carbocycles. The zero-order chi connectivity index (χ0) is 23.9. The Bertz CT molecular complexity index is 1240. The normalized spacial score (nSPS) is 11.7. The number of carbonyl (C=O) groups excluding carboxylic acids is 1. The molecule has 0 bridgehead atoms. The largest absolute Gasteiger partial charge is 0.493 e. The van der Waals surface area contributed by atoms with Crippen LogP contribution in [0.2, 0.25) is 0 Å². The number of hydrogen-bond donors (Lipinski definition) is 1. The van der Waals surface area contributed by atoms with Crippen molar-refractivity contribution in [1.82, 2.24) is 25.0 Å². The van der Waals surface area contributed by atoms with Gasteiger partial charge in [0.05, 0.1) is 12.9 Å². The molecular weight excluding hydrogens is 472 g/mol. The number of benzene rings is 2. The molecular formula is C23H24N6O3S2. The van der Waals surface area contributed by atoms with Gasteiger partial charge in [-0.25, -0.2) is 0 Å². The van der Waals surface area contributed by atoms with E-state index in [9.17, 15) is 4.79 Å². The van der Waals surface area contributed by atoms with Gasteiger partial charge in [-0.2, -0.15) is 0 Å². The molecule has 4 aromatic rings. The van der Waals surface area contributed by atoms with Crippen LogP contribution >= 0.6 is 23.1 Å². The van der Waals surface area contributed by atoms with Crippen LogP contribution in [0.25, 0.3) is 5.69 Å². The average Bonchev–Trinajstić information content (AvgIpc) is 3.50. The summed E-state index contributed by atoms with van der Waals surface area (Å²) in [6, 6.07) is 17.2. The summed E-state index contributed by atoms with van der Waals surface area (Å²) in [7, 11) is 1.60. The third kappa shape index (κ3) is 5.54. The van der Waals surface area contributed by atoms with E-state index in [-0.39, 0.29) is 11.7 Å². The molecule has 0 saturated carbocycles. The number of methoxy groups -OCH3 is 1. The molecule has 2 aromatic heterocycles. The summed E-state index contributed by atoms with van der Waals surface area (Å²) in [6.07, 6.45) is 0.349. The highest BCUT2D eigenvalue weighted by atomic mass is 32.2. The zero-order valence-electron chi connectivity index (χ0n) is 19.0. The van der Waals surface area contributed by atoms with Gasteiger partial charge < -0.3 is 9.47 Å². The first-order valence-corrected chi connectivity index (χ1v) is 12.4. The van der Waals surface area contributed by atoms with Crippen molar-refractivity contribution in [2.24, 2.45) is 0 Å². The van der Waals surface area contributed by atoms with Gasteiger partial charge in [0.2, 0.25) is 11.0 Å². The van der Waals surface area contributed by atoms with E-state index in [2.05, 4.69) is 25.7 Å². The Balaban J connectivity index is 1.54. The van der Waals surface area contributed by atoms with Crippen LogP contribution in [0.3, 0.4) is 0 Å². The molecule has 34 heavy (non-hydrogen) atoms. The number of nitrogens with zero attached hydrogens (tertiary/aromatic N) is 5. The predicted molar refractivity (Wildman–Crippen MR) is 132 cm³/mol. The van der Waals surface area contributed by atoms with Crippen molar-refractivity contribution in [2.45, 2.75) is 31.5 Å². The molecule has 0 aliphatic heterocycles. The van der Waals surface area contributed by atoms with E-state index in [1.165, 1.54) is 23.1 Å². The Morgan fingerprint density at radius 1 is 1.06 bits per heavy atom. The molecule has 0 aliphatic rings. The first-order valence-electron chi connectivity index (χ1n) is 10.6. The summed E-state index contributed by atoms with van der Waals surface area (Å²) in [5.41, 5.74) is 0.873. The van der Waals surface area contributed by atoms with E-state index in [0.717, 1.165) is 17.1 Å². The van der Waals surface area contributed by atoms with Crippen molar-refractivity contribution in [1.29, 1.82) is 0 Å². The van der Waals surface area contributed by atoms with Crippen LogP contribution in [0.4, 0.5) is 5.13 Å². The van der Waals surface area contributed by atoms with E-state index >= 15 is 0 Å². The zero-order valence-corrected chi connectivity index (χ0v) is 20.6. The van der Waals surface area contributed by atoms with Gasteiger partial charge in [0.1, 0.15) is 5.01 Å². The van der Waals surface area contributed by atoms with Crippen LogP contribution in [0, 0.1) is 0 Å². The lowest BCUT2D eigenvalue weighted by Crippen LogP contribution is -2.15. The van der Waals surface area contributed by atoms with Crippen molar-refractivity contribution in [2.75, 3.05) is 18.2 Å². The van der Waals surface area contributed by atoms with Crippen molar-refractivity contribution in [3.8, 4) is 17.2 Å². The molecule has 9 nitrogen and oxygen atoms in total. The van der Waals surface area contributed by atoms with Gasteiger partial charge in [0.15, 0.2) is 28.6 Å². The topological polar surface area (TPSA) is 104 Å². The lowest BCUT2D eigenvalue weighted by Gasteiger charge is -2.18. The number of rotatable bonds is 10. The summed E-state index contributed by atoms with van der Waals surface area (Å²) in [4.78, 5) is 12.5. The standard InChI is InChI=1S/C23H24N6O3S2/c1-4-20-25-27-22(34-20)24-19(30)14-33-23-28-26-21(29(23)16-10-6-5-7-11-16)15(2)32-18-13-9-8-12-17(18)31-3/h5-13,15H,4,14H2,1-3H3,(H,24,27,30). The summed E-state index contributed by atoms with van der Waals surface area (Å²) in [6.45, 7) is 3.90. The maximum atomic E-state index is 12.5. The first kappa shape index (κ1) is 23.7. The Morgan fingerprint density at radius 3 is 2.50 bits per heavy atom. The van der Waals surface area contributed by atoms with Crippen LogP contribution in [-0.2, 0) is 11.2 Å². The molecule has 2 heterocycles. The number of aryl methyl sites for hydroxylation is 1. The second-order valence-electron chi connectivity index (χ2n) is 7.11.